The fourth-order valence-corrected chi connectivity index (χ4v) is 3.07. The maximum atomic E-state index is 13.1. The summed E-state index contributed by atoms with van der Waals surface area (Å²) in [6.07, 6.45) is 0. The Morgan fingerprint density at radius 1 is 1.42 bits per heavy atom. The molecule has 2 rings (SSSR count). The van der Waals surface area contributed by atoms with Gasteiger partial charge >= 0.3 is 6.03 Å². The molecule has 0 unspecified atom stereocenters. The van der Waals surface area contributed by atoms with Gasteiger partial charge in [-0.1, -0.05) is 11.6 Å². The van der Waals surface area contributed by atoms with Crippen LogP contribution < -0.4 is 4.90 Å². The van der Waals surface area contributed by atoms with Crippen molar-refractivity contribution in [2.45, 2.75) is 0 Å². The number of urea groups is 1. The van der Waals surface area contributed by atoms with Crippen molar-refractivity contribution >= 4 is 34.1 Å². The molecule has 0 N–H and O–H groups in total. The van der Waals surface area contributed by atoms with Gasteiger partial charge in [0.25, 0.3) is 0 Å². The minimum atomic E-state index is -0.825. The lowest BCUT2D eigenvalue weighted by molar-refractivity contribution is 0.211. The van der Waals surface area contributed by atoms with Crippen molar-refractivity contribution in [3.8, 4) is 0 Å². The molecule has 2 amide bonds. The Kier molecular flexibility index (Phi) is 4.42. The van der Waals surface area contributed by atoms with Crippen molar-refractivity contribution in [1.29, 1.82) is 0 Å². The zero-order valence-corrected chi connectivity index (χ0v) is 12.0. The molecule has 0 aromatic heterocycles. The van der Waals surface area contributed by atoms with Crippen LogP contribution in [0.3, 0.4) is 0 Å². The number of anilines is 1. The van der Waals surface area contributed by atoms with Gasteiger partial charge in [-0.2, -0.15) is 0 Å². The van der Waals surface area contributed by atoms with Crippen LogP contribution >= 0.6 is 11.6 Å². The van der Waals surface area contributed by atoms with Gasteiger partial charge in [-0.3, -0.25) is 9.11 Å². The van der Waals surface area contributed by atoms with Gasteiger partial charge in [0, 0.05) is 48.1 Å². The second kappa shape index (κ2) is 5.88. The Hall–Kier alpha value is -1.14. The predicted molar refractivity (Wildman–Crippen MR) is 74.7 cm³/mol. The molecule has 7 heteroatoms. The van der Waals surface area contributed by atoms with E-state index in [-0.39, 0.29) is 11.1 Å². The Balaban J connectivity index is 2.10. The fraction of sp³-hybridized carbons (Fsp3) is 0.417. The van der Waals surface area contributed by atoms with Gasteiger partial charge in [-0.05, 0) is 18.2 Å². The monoisotopic (exact) mass is 304 g/mol. The van der Waals surface area contributed by atoms with E-state index < -0.39 is 16.6 Å². The van der Waals surface area contributed by atoms with Crippen molar-refractivity contribution in [3.63, 3.8) is 0 Å². The number of carbonyl (C=O) groups excluding carboxylic acids is 1. The molecule has 1 aromatic rings. The van der Waals surface area contributed by atoms with E-state index in [9.17, 15) is 13.4 Å². The highest BCUT2D eigenvalue weighted by molar-refractivity contribution is 7.85. The van der Waals surface area contributed by atoms with Crippen LogP contribution in [-0.2, 0) is 10.8 Å². The number of rotatable bonds is 1. The second-order valence-electron chi connectivity index (χ2n) is 4.28. The third kappa shape index (κ3) is 3.25. The molecule has 1 saturated heterocycles. The van der Waals surface area contributed by atoms with Crippen molar-refractivity contribution < 1.29 is 13.4 Å². The summed E-state index contributed by atoms with van der Waals surface area (Å²) in [5.41, 5.74) is 0.531. The number of benzene rings is 1. The number of amides is 2. The molecule has 4 nitrogen and oxygen atoms in total. The minimum Gasteiger partial charge on any atom is -0.323 e. The molecule has 0 saturated carbocycles. The highest BCUT2D eigenvalue weighted by Crippen LogP contribution is 2.22. The van der Waals surface area contributed by atoms with Crippen molar-refractivity contribution in [2.24, 2.45) is 0 Å². The smallest absolute Gasteiger partial charge is 0.323 e. The molecule has 0 aliphatic carbocycles. The summed E-state index contributed by atoms with van der Waals surface area (Å²) in [4.78, 5) is 15.3. The lowest BCUT2D eigenvalue weighted by Gasteiger charge is -2.30. The number of hydrogen-bond donors (Lipinski definition) is 0. The summed E-state index contributed by atoms with van der Waals surface area (Å²) in [7, 11) is 0.784. The third-order valence-corrected chi connectivity index (χ3v) is 4.59. The maximum absolute atomic E-state index is 13.1. The van der Waals surface area contributed by atoms with E-state index in [1.54, 1.807) is 11.9 Å². The van der Waals surface area contributed by atoms with Gasteiger partial charge in [0.2, 0.25) is 0 Å². The van der Waals surface area contributed by atoms with Gasteiger partial charge in [0.1, 0.15) is 5.82 Å². The summed E-state index contributed by atoms with van der Waals surface area (Å²) in [6, 6.07) is 3.95. The first-order valence-electron chi connectivity index (χ1n) is 5.81. The van der Waals surface area contributed by atoms with E-state index in [1.807, 2.05) is 0 Å². The molecule has 1 aliphatic heterocycles. The summed E-state index contributed by atoms with van der Waals surface area (Å²) in [5, 5.41) is -0.0168. The molecule has 0 spiro atoms. The van der Waals surface area contributed by atoms with Crippen LogP contribution in [0, 0.1) is 5.82 Å². The van der Waals surface area contributed by atoms with Gasteiger partial charge < -0.3 is 4.90 Å². The molecular weight excluding hydrogens is 291 g/mol. The summed E-state index contributed by atoms with van der Waals surface area (Å²) in [6.45, 7) is 0.954. The molecule has 19 heavy (non-hydrogen) atoms. The zero-order valence-electron chi connectivity index (χ0n) is 10.4. The molecule has 0 bridgehead atoms. The summed E-state index contributed by atoms with van der Waals surface area (Å²) >= 11 is 5.70. The van der Waals surface area contributed by atoms with Crippen molar-refractivity contribution in [3.05, 3.63) is 29.0 Å². The van der Waals surface area contributed by atoms with Crippen LogP contribution in [0.4, 0.5) is 14.9 Å². The molecular formula is C12H14ClFN2O2S. The van der Waals surface area contributed by atoms with Crippen molar-refractivity contribution in [1.82, 2.24) is 4.90 Å². The molecule has 0 atom stereocenters. The Labute approximate surface area is 118 Å². The molecule has 1 fully saturated rings. The van der Waals surface area contributed by atoms with E-state index in [4.69, 9.17) is 11.6 Å². The number of halogens is 2. The molecule has 1 aliphatic rings. The summed E-state index contributed by atoms with van der Waals surface area (Å²) in [5.74, 6) is 0.493. The topological polar surface area (TPSA) is 40.6 Å². The SMILES string of the molecule is CN(C(=O)N1CCS(=O)CC1)c1ccc(F)c(Cl)c1. The van der Waals surface area contributed by atoms with Crippen LogP contribution in [0.25, 0.3) is 0 Å². The quantitative estimate of drug-likeness (QED) is 0.797. The Bertz CT molecular complexity index is 516. The van der Waals surface area contributed by atoms with Gasteiger partial charge in [-0.25, -0.2) is 9.18 Å². The molecule has 104 valence electrons. The average Bonchev–Trinajstić information content (AvgIpc) is 2.41. The van der Waals surface area contributed by atoms with E-state index in [0.717, 1.165) is 0 Å². The Morgan fingerprint density at radius 3 is 2.63 bits per heavy atom. The lowest BCUT2D eigenvalue weighted by Crippen LogP contribution is -2.47. The van der Waals surface area contributed by atoms with Crippen LogP contribution in [0.2, 0.25) is 5.02 Å². The van der Waals surface area contributed by atoms with E-state index in [0.29, 0.717) is 30.3 Å². The molecule has 1 aromatic carbocycles. The molecule has 1 heterocycles. The summed E-state index contributed by atoms with van der Waals surface area (Å²) < 4.78 is 24.3. The van der Waals surface area contributed by atoms with Gasteiger partial charge in [0.05, 0.1) is 5.02 Å². The molecule has 0 radical (unpaired) electrons. The second-order valence-corrected chi connectivity index (χ2v) is 6.38. The first-order valence-corrected chi connectivity index (χ1v) is 7.68. The minimum absolute atomic E-state index is 0.0168. The number of carbonyl (C=O) groups is 1. The van der Waals surface area contributed by atoms with Crippen LogP contribution in [0.5, 0.6) is 0 Å². The highest BCUT2D eigenvalue weighted by Gasteiger charge is 2.23. The normalized spacial score (nSPS) is 16.5. The fourth-order valence-electron chi connectivity index (χ4n) is 1.85. The largest absolute Gasteiger partial charge is 0.324 e. The first kappa shape index (κ1) is 14.3. The van der Waals surface area contributed by atoms with Gasteiger partial charge in [-0.15, -0.1) is 0 Å². The maximum Gasteiger partial charge on any atom is 0.324 e. The van der Waals surface area contributed by atoms with Gasteiger partial charge in [0.15, 0.2) is 0 Å². The lowest BCUT2D eigenvalue weighted by atomic mass is 10.3. The highest BCUT2D eigenvalue weighted by atomic mass is 35.5. The zero-order chi connectivity index (χ0) is 14.0. The van der Waals surface area contributed by atoms with Crippen LogP contribution in [0.1, 0.15) is 0 Å². The average molecular weight is 305 g/mol. The van der Waals surface area contributed by atoms with Crippen molar-refractivity contribution in [2.75, 3.05) is 36.5 Å². The van der Waals surface area contributed by atoms with E-state index in [2.05, 4.69) is 0 Å². The Morgan fingerprint density at radius 2 is 2.05 bits per heavy atom. The predicted octanol–water partition coefficient (Wildman–Crippen LogP) is 2.10. The first-order chi connectivity index (χ1) is 8.99. The standard InChI is InChI=1S/C12H14ClFN2O2S/c1-15(9-2-3-11(14)10(13)8-9)12(17)16-4-6-19(18)7-5-16/h2-3,8H,4-7H2,1H3. The van der Waals surface area contributed by atoms with Crippen LogP contribution in [-0.4, -0.2) is 46.8 Å². The van der Waals surface area contributed by atoms with E-state index >= 15 is 0 Å². The number of nitrogens with zero attached hydrogens (tertiary/aromatic N) is 2. The third-order valence-electron chi connectivity index (χ3n) is 3.03. The van der Waals surface area contributed by atoms with Crippen LogP contribution in [0.15, 0.2) is 18.2 Å². The van der Waals surface area contributed by atoms with E-state index in [1.165, 1.54) is 23.1 Å². The number of hydrogen-bond acceptors (Lipinski definition) is 2.